The van der Waals surface area contributed by atoms with Crippen molar-refractivity contribution < 1.29 is 14.3 Å². The normalized spacial score (nSPS) is 18.8. The van der Waals surface area contributed by atoms with E-state index in [0.717, 1.165) is 41.8 Å². The molecule has 170 valence electrons. The van der Waals surface area contributed by atoms with Crippen LogP contribution < -0.4 is 0 Å². The van der Waals surface area contributed by atoms with Crippen molar-refractivity contribution in [2.75, 3.05) is 26.8 Å². The third-order valence-electron chi connectivity index (χ3n) is 6.14. The van der Waals surface area contributed by atoms with Crippen molar-refractivity contribution in [2.45, 2.75) is 38.1 Å². The van der Waals surface area contributed by atoms with E-state index < -0.39 is 0 Å². The van der Waals surface area contributed by atoms with Gasteiger partial charge in [0, 0.05) is 31.0 Å². The summed E-state index contributed by atoms with van der Waals surface area (Å²) in [5.41, 5.74) is 1.73. The number of carbonyl (C=O) groups is 2. The number of hydrogen-bond donors (Lipinski definition) is 0. The molecule has 0 bridgehead atoms. The number of hydrogen-bond acceptors (Lipinski definition) is 5. The van der Waals surface area contributed by atoms with Gasteiger partial charge in [0.25, 0.3) is 5.91 Å². The van der Waals surface area contributed by atoms with Gasteiger partial charge in [0.2, 0.25) is 5.91 Å². The van der Waals surface area contributed by atoms with Crippen LogP contribution in [0.5, 0.6) is 0 Å². The molecule has 4 rings (SSSR count). The molecule has 32 heavy (non-hydrogen) atoms. The van der Waals surface area contributed by atoms with Gasteiger partial charge in [-0.25, -0.2) is 5.01 Å². The first-order valence-electron chi connectivity index (χ1n) is 11.0. The highest BCUT2D eigenvalue weighted by Gasteiger charge is 2.36. The summed E-state index contributed by atoms with van der Waals surface area (Å²) >= 11 is 8.09. The average Bonchev–Trinajstić information content (AvgIpc) is 3.57. The molecule has 1 aliphatic carbocycles. The number of benzene rings is 1. The van der Waals surface area contributed by atoms with Crippen molar-refractivity contribution in [1.82, 2.24) is 9.91 Å². The minimum absolute atomic E-state index is 0.00257. The number of ether oxygens (including phenoxy) is 1. The Bertz CT molecular complexity index is 973. The van der Waals surface area contributed by atoms with Gasteiger partial charge in [0.15, 0.2) is 0 Å². The maximum atomic E-state index is 13.5. The zero-order chi connectivity index (χ0) is 22.5. The van der Waals surface area contributed by atoms with E-state index >= 15 is 0 Å². The van der Waals surface area contributed by atoms with Crippen LogP contribution in [0.3, 0.4) is 0 Å². The van der Waals surface area contributed by atoms with Gasteiger partial charge in [-0.05, 0) is 35.9 Å². The summed E-state index contributed by atoms with van der Waals surface area (Å²) in [4.78, 5) is 29.3. The smallest absolute Gasteiger partial charge is 0.262 e. The van der Waals surface area contributed by atoms with Crippen LogP contribution in [0.4, 0.5) is 0 Å². The van der Waals surface area contributed by atoms with Gasteiger partial charge >= 0.3 is 0 Å². The number of amides is 2. The summed E-state index contributed by atoms with van der Waals surface area (Å²) in [6.45, 7) is 0.772. The summed E-state index contributed by atoms with van der Waals surface area (Å²) in [6.07, 6.45) is 4.51. The Morgan fingerprint density at radius 2 is 2.00 bits per heavy atom. The second kappa shape index (κ2) is 10.6. The highest BCUT2D eigenvalue weighted by Crippen LogP contribution is 2.37. The average molecular weight is 474 g/mol. The molecule has 0 N–H and O–H groups in total. The predicted octanol–water partition coefficient (Wildman–Crippen LogP) is 4.74. The van der Waals surface area contributed by atoms with Crippen LogP contribution in [0.25, 0.3) is 0 Å². The summed E-state index contributed by atoms with van der Waals surface area (Å²) < 4.78 is 5.20. The number of methoxy groups -OCH3 is 1. The molecular formula is C24H28ClN3O3S. The van der Waals surface area contributed by atoms with Crippen LogP contribution in [0.15, 0.2) is 46.9 Å². The molecular weight excluding hydrogens is 446 g/mol. The fourth-order valence-corrected chi connectivity index (χ4v) is 5.44. The second-order valence-corrected chi connectivity index (χ2v) is 9.59. The van der Waals surface area contributed by atoms with Crippen LogP contribution >= 0.6 is 22.9 Å². The lowest BCUT2D eigenvalue weighted by atomic mass is 10.0. The Morgan fingerprint density at radius 1 is 1.22 bits per heavy atom. The molecule has 0 spiro atoms. The maximum absolute atomic E-state index is 13.5. The van der Waals surface area contributed by atoms with E-state index in [0.29, 0.717) is 24.6 Å². The lowest BCUT2D eigenvalue weighted by Gasteiger charge is -2.28. The van der Waals surface area contributed by atoms with Crippen LogP contribution in [-0.2, 0) is 14.3 Å². The second-order valence-electron chi connectivity index (χ2n) is 8.24. The molecule has 0 unspecified atom stereocenters. The number of thiophene rings is 1. The summed E-state index contributed by atoms with van der Waals surface area (Å²) in [6, 6.07) is 11.3. The van der Waals surface area contributed by atoms with E-state index in [-0.39, 0.29) is 30.3 Å². The molecule has 2 heterocycles. The summed E-state index contributed by atoms with van der Waals surface area (Å²) in [7, 11) is 1.60. The first kappa shape index (κ1) is 23.0. The molecule has 1 fully saturated rings. The first-order chi connectivity index (χ1) is 15.6. The molecule has 1 aromatic heterocycles. The molecule has 2 amide bonds. The van der Waals surface area contributed by atoms with Gasteiger partial charge in [0.1, 0.15) is 6.54 Å². The Balaban J connectivity index is 1.58. The molecule has 6 nitrogen and oxygen atoms in total. The van der Waals surface area contributed by atoms with Crippen molar-refractivity contribution in [3.8, 4) is 0 Å². The number of rotatable bonds is 8. The lowest BCUT2D eigenvalue weighted by Crippen LogP contribution is -2.44. The molecule has 0 radical (unpaired) electrons. The molecule has 2 aliphatic rings. The Labute approximate surface area is 197 Å². The molecule has 1 atom stereocenters. The Morgan fingerprint density at radius 3 is 2.69 bits per heavy atom. The number of hydrazone groups is 1. The lowest BCUT2D eigenvalue weighted by molar-refractivity contribution is -0.144. The number of halogens is 1. The fraction of sp³-hybridized carbons (Fsp3) is 0.458. The molecule has 1 saturated carbocycles. The summed E-state index contributed by atoms with van der Waals surface area (Å²) in [5, 5.41) is 8.84. The van der Waals surface area contributed by atoms with Crippen LogP contribution in [-0.4, -0.2) is 54.2 Å². The van der Waals surface area contributed by atoms with E-state index in [1.165, 1.54) is 5.01 Å². The third-order valence-corrected chi connectivity index (χ3v) is 7.41. The standard InChI is InChI=1S/C24H28ClN3O3S/c1-31-13-12-27(24(30)17-7-2-3-8-17)16-23(29)28-21(18-9-4-5-10-19(18)25)15-20(26-28)22-11-6-14-32-22/h4-6,9-11,14,17,21H,2-3,7-8,12-13,15-16H2,1H3/t21-/m0/s1. The van der Waals surface area contributed by atoms with Crippen LogP contribution in [0, 0.1) is 5.92 Å². The monoisotopic (exact) mass is 473 g/mol. The van der Waals surface area contributed by atoms with E-state index in [4.69, 9.17) is 21.4 Å². The number of carbonyl (C=O) groups excluding carboxylic acids is 2. The van der Waals surface area contributed by atoms with E-state index in [9.17, 15) is 9.59 Å². The fourth-order valence-electron chi connectivity index (χ4n) is 4.45. The van der Waals surface area contributed by atoms with Gasteiger partial charge in [0.05, 0.1) is 23.2 Å². The van der Waals surface area contributed by atoms with E-state index in [1.807, 2.05) is 41.8 Å². The molecule has 1 aromatic carbocycles. The summed E-state index contributed by atoms with van der Waals surface area (Å²) in [5.74, 6) is -0.157. The minimum atomic E-state index is -0.292. The maximum Gasteiger partial charge on any atom is 0.262 e. The zero-order valence-electron chi connectivity index (χ0n) is 18.2. The highest BCUT2D eigenvalue weighted by molar-refractivity contribution is 7.12. The minimum Gasteiger partial charge on any atom is -0.383 e. The quantitative estimate of drug-likeness (QED) is 0.556. The molecule has 0 saturated heterocycles. The largest absolute Gasteiger partial charge is 0.383 e. The van der Waals surface area contributed by atoms with Crippen molar-refractivity contribution in [1.29, 1.82) is 0 Å². The third kappa shape index (κ3) is 5.05. The SMILES string of the molecule is COCCN(CC(=O)N1N=C(c2cccs2)C[C@H]1c1ccccc1Cl)C(=O)C1CCCC1. The highest BCUT2D eigenvalue weighted by atomic mass is 35.5. The van der Waals surface area contributed by atoms with Gasteiger partial charge < -0.3 is 9.64 Å². The molecule has 1 aliphatic heterocycles. The van der Waals surface area contributed by atoms with Crippen molar-refractivity contribution in [2.24, 2.45) is 11.0 Å². The van der Waals surface area contributed by atoms with Gasteiger partial charge in [-0.15, -0.1) is 11.3 Å². The first-order valence-corrected chi connectivity index (χ1v) is 12.3. The number of nitrogens with zero attached hydrogens (tertiary/aromatic N) is 3. The van der Waals surface area contributed by atoms with Gasteiger partial charge in [-0.1, -0.05) is 48.7 Å². The van der Waals surface area contributed by atoms with Gasteiger partial charge in [-0.3, -0.25) is 9.59 Å². The van der Waals surface area contributed by atoms with Crippen LogP contribution in [0.2, 0.25) is 5.02 Å². The van der Waals surface area contributed by atoms with Gasteiger partial charge in [-0.2, -0.15) is 5.10 Å². The van der Waals surface area contributed by atoms with Crippen molar-refractivity contribution >= 4 is 40.5 Å². The topological polar surface area (TPSA) is 62.2 Å². The van der Waals surface area contributed by atoms with E-state index in [2.05, 4.69) is 0 Å². The van der Waals surface area contributed by atoms with Crippen molar-refractivity contribution in [3.63, 3.8) is 0 Å². The van der Waals surface area contributed by atoms with E-state index in [1.54, 1.807) is 23.3 Å². The Hall–Kier alpha value is -2.22. The predicted molar refractivity (Wildman–Crippen MR) is 127 cm³/mol. The Kier molecular flexibility index (Phi) is 7.60. The van der Waals surface area contributed by atoms with Crippen LogP contribution in [0.1, 0.15) is 48.6 Å². The molecule has 2 aromatic rings. The van der Waals surface area contributed by atoms with Crippen molar-refractivity contribution in [3.05, 3.63) is 57.2 Å². The zero-order valence-corrected chi connectivity index (χ0v) is 19.8. The molecule has 8 heteroatoms.